The predicted octanol–water partition coefficient (Wildman–Crippen LogP) is 2.57. The summed E-state index contributed by atoms with van der Waals surface area (Å²) in [5.41, 5.74) is 8.39. The first-order valence-corrected chi connectivity index (χ1v) is 7.82. The molecule has 4 heteroatoms. The van der Waals surface area contributed by atoms with Gasteiger partial charge in [0.25, 0.3) is 0 Å². The van der Waals surface area contributed by atoms with Crippen LogP contribution in [0.15, 0.2) is 42.7 Å². The van der Waals surface area contributed by atoms with E-state index in [2.05, 4.69) is 41.2 Å². The van der Waals surface area contributed by atoms with E-state index in [-0.39, 0.29) is 0 Å². The van der Waals surface area contributed by atoms with Crippen LogP contribution in [-0.4, -0.2) is 33.3 Å². The lowest BCUT2D eigenvalue weighted by molar-refractivity contribution is 0.0892. The van der Waals surface area contributed by atoms with E-state index in [0.717, 1.165) is 18.8 Å². The maximum atomic E-state index is 5.94. The summed E-state index contributed by atoms with van der Waals surface area (Å²) in [5, 5.41) is 4.26. The monoisotopic (exact) mass is 284 g/mol. The summed E-state index contributed by atoms with van der Waals surface area (Å²) in [7, 11) is 0. The molecule has 2 heterocycles. The standard InChI is InChI=1S/C17H24N4/c1-14-4-2-5-17(12-18)20(14)13-15-6-8-16(9-7-15)21-11-3-10-19-21/h3,6-11,14,17H,2,4-5,12-13,18H2,1H3. The zero-order valence-electron chi connectivity index (χ0n) is 12.7. The second-order valence-corrected chi connectivity index (χ2v) is 5.96. The SMILES string of the molecule is CC1CCCC(CN)N1Cc1ccc(-n2cccn2)cc1. The van der Waals surface area contributed by atoms with Gasteiger partial charge in [0.15, 0.2) is 0 Å². The van der Waals surface area contributed by atoms with E-state index in [1.54, 1.807) is 6.20 Å². The van der Waals surface area contributed by atoms with Crippen LogP contribution in [0.3, 0.4) is 0 Å². The first kappa shape index (κ1) is 14.3. The average Bonchev–Trinajstić information content (AvgIpc) is 3.04. The molecule has 112 valence electrons. The third kappa shape index (κ3) is 3.17. The van der Waals surface area contributed by atoms with Gasteiger partial charge in [-0.2, -0.15) is 5.10 Å². The smallest absolute Gasteiger partial charge is 0.0645 e. The van der Waals surface area contributed by atoms with Gasteiger partial charge in [0, 0.05) is 37.6 Å². The van der Waals surface area contributed by atoms with Gasteiger partial charge in [-0.25, -0.2) is 4.68 Å². The fourth-order valence-electron chi connectivity index (χ4n) is 3.27. The van der Waals surface area contributed by atoms with Crippen LogP contribution in [0, 0.1) is 0 Å². The van der Waals surface area contributed by atoms with E-state index in [1.165, 1.54) is 24.8 Å². The van der Waals surface area contributed by atoms with Crippen LogP contribution in [0.1, 0.15) is 31.7 Å². The summed E-state index contributed by atoms with van der Waals surface area (Å²) in [5.74, 6) is 0. The Morgan fingerprint density at radius 1 is 1.24 bits per heavy atom. The predicted molar refractivity (Wildman–Crippen MR) is 85.3 cm³/mol. The molecule has 1 saturated heterocycles. The lowest BCUT2D eigenvalue weighted by Crippen LogP contribution is -2.48. The van der Waals surface area contributed by atoms with Gasteiger partial charge in [0.1, 0.15) is 0 Å². The summed E-state index contributed by atoms with van der Waals surface area (Å²) < 4.78 is 1.88. The first-order valence-electron chi connectivity index (χ1n) is 7.82. The van der Waals surface area contributed by atoms with Crippen LogP contribution in [0.25, 0.3) is 5.69 Å². The zero-order valence-corrected chi connectivity index (χ0v) is 12.7. The van der Waals surface area contributed by atoms with Gasteiger partial charge in [-0.1, -0.05) is 18.6 Å². The Kier molecular flexibility index (Phi) is 4.36. The molecule has 0 amide bonds. The van der Waals surface area contributed by atoms with Crippen LogP contribution >= 0.6 is 0 Å². The highest BCUT2D eigenvalue weighted by molar-refractivity contribution is 5.33. The van der Waals surface area contributed by atoms with Crippen molar-refractivity contribution in [3.8, 4) is 5.69 Å². The van der Waals surface area contributed by atoms with E-state index >= 15 is 0 Å². The fraction of sp³-hybridized carbons (Fsp3) is 0.471. The molecule has 0 bridgehead atoms. The largest absolute Gasteiger partial charge is 0.329 e. The molecule has 3 rings (SSSR count). The second-order valence-electron chi connectivity index (χ2n) is 5.96. The number of likely N-dealkylation sites (tertiary alicyclic amines) is 1. The molecule has 0 spiro atoms. The normalized spacial score (nSPS) is 23.3. The Labute approximate surface area is 126 Å². The number of piperidine rings is 1. The van der Waals surface area contributed by atoms with Crippen molar-refractivity contribution in [3.05, 3.63) is 48.3 Å². The van der Waals surface area contributed by atoms with E-state index in [0.29, 0.717) is 12.1 Å². The van der Waals surface area contributed by atoms with Gasteiger partial charge in [-0.05, 0) is 43.5 Å². The van der Waals surface area contributed by atoms with Gasteiger partial charge >= 0.3 is 0 Å². The Balaban J connectivity index is 1.72. The molecule has 2 aromatic rings. The van der Waals surface area contributed by atoms with Crippen molar-refractivity contribution in [2.24, 2.45) is 5.73 Å². The van der Waals surface area contributed by atoms with Gasteiger partial charge in [-0.3, -0.25) is 4.90 Å². The van der Waals surface area contributed by atoms with Crippen molar-refractivity contribution in [2.45, 2.75) is 44.8 Å². The lowest BCUT2D eigenvalue weighted by atomic mass is 9.95. The number of aromatic nitrogens is 2. The average molecular weight is 284 g/mol. The fourth-order valence-corrected chi connectivity index (χ4v) is 3.27. The van der Waals surface area contributed by atoms with Crippen LogP contribution in [0.5, 0.6) is 0 Å². The summed E-state index contributed by atoms with van der Waals surface area (Å²) in [6, 6.07) is 11.8. The third-order valence-corrected chi connectivity index (χ3v) is 4.54. The first-order chi connectivity index (χ1) is 10.3. The number of hydrogen-bond acceptors (Lipinski definition) is 3. The van der Waals surface area contributed by atoms with Gasteiger partial charge in [0.05, 0.1) is 5.69 Å². The molecule has 2 N–H and O–H groups in total. The van der Waals surface area contributed by atoms with Crippen molar-refractivity contribution in [1.82, 2.24) is 14.7 Å². The summed E-state index contributed by atoms with van der Waals surface area (Å²) in [6.07, 6.45) is 7.58. The van der Waals surface area contributed by atoms with E-state index in [4.69, 9.17) is 5.73 Å². The van der Waals surface area contributed by atoms with Gasteiger partial charge < -0.3 is 5.73 Å². The van der Waals surface area contributed by atoms with Crippen LogP contribution in [-0.2, 0) is 6.54 Å². The molecule has 1 aliphatic heterocycles. The Morgan fingerprint density at radius 3 is 2.71 bits per heavy atom. The number of benzene rings is 1. The molecule has 1 aromatic heterocycles. The lowest BCUT2D eigenvalue weighted by Gasteiger charge is -2.40. The Hall–Kier alpha value is -1.65. The van der Waals surface area contributed by atoms with Crippen molar-refractivity contribution >= 4 is 0 Å². The Morgan fingerprint density at radius 2 is 2.05 bits per heavy atom. The molecular weight excluding hydrogens is 260 g/mol. The summed E-state index contributed by atoms with van der Waals surface area (Å²) >= 11 is 0. The minimum Gasteiger partial charge on any atom is -0.329 e. The highest BCUT2D eigenvalue weighted by Gasteiger charge is 2.26. The molecule has 0 radical (unpaired) electrons. The summed E-state index contributed by atoms with van der Waals surface area (Å²) in [6.45, 7) is 4.07. The highest BCUT2D eigenvalue weighted by Crippen LogP contribution is 2.24. The molecular formula is C17H24N4. The minimum atomic E-state index is 0.527. The van der Waals surface area contributed by atoms with E-state index in [1.807, 2.05) is 16.9 Å². The molecule has 0 aliphatic carbocycles. The number of nitrogens with zero attached hydrogens (tertiary/aromatic N) is 3. The van der Waals surface area contributed by atoms with Crippen molar-refractivity contribution in [2.75, 3.05) is 6.54 Å². The maximum Gasteiger partial charge on any atom is 0.0645 e. The van der Waals surface area contributed by atoms with Crippen LogP contribution in [0.4, 0.5) is 0 Å². The number of hydrogen-bond donors (Lipinski definition) is 1. The van der Waals surface area contributed by atoms with Gasteiger partial charge in [0.2, 0.25) is 0 Å². The molecule has 4 nitrogen and oxygen atoms in total. The maximum absolute atomic E-state index is 5.94. The molecule has 1 fully saturated rings. The van der Waals surface area contributed by atoms with Crippen LogP contribution < -0.4 is 5.73 Å². The molecule has 1 aliphatic rings. The molecule has 2 unspecified atom stereocenters. The Bertz CT molecular complexity index is 547. The summed E-state index contributed by atoms with van der Waals surface area (Å²) in [4.78, 5) is 2.56. The van der Waals surface area contributed by atoms with Crippen LogP contribution in [0.2, 0.25) is 0 Å². The quantitative estimate of drug-likeness (QED) is 0.938. The van der Waals surface area contributed by atoms with Crippen molar-refractivity contribution < 1.29 is 0 Å². The molecule has 1 aromatic carbocycles. The molecule has 0 saturated carbocycles. The highest BCUT2D eigenvalue weighted by atomic mass is 15.3. The van der Waals surface area contributed by atoms with E-state index in [9.17, 15) is 0 Å². The topological polar surface area (TPSA) is 47.1 Å². The molecule has 2 atom stereocenters. The zero-order chi connectivity index (χ0) is 14.7. The number of rotatable bonds is 4. The van der Waals surface area contributed by atoms with Crippen molar-refractivity contribution in [1.29, 1.82) is 0 Å². The third-order valence-electron chi connectivity index (χ3n) is 4.54. The second kappa shape index (κ2) is 6.41. The van der Waals surface area contributed by atoms with Gasteiger partial charge in [-0.15, -0.1) is 0 Å². The number of nitrogens with two attached hydrogens (primary N) is 1. The van der Waals surface area contributed by atoms with Crippen molar-refractivity contribution in [3.63, 3.8) is 0 Å². The molecule has 21 heavy (non-hydrogen) atoms. The minimum absolute atomic E-state index is 0.527. The van der Waals surface area contributed by atoms with E-state index < -0.39 is 0 Å².